The van der Waals surface area contributed by atoms with Gasteiger partial charge < -0.3 is 13.9 Å². The Morgan fingerprint density at radius 2 is 1.09 bits per heavy atom. The lowest BCUT2D eigenvalue weighted by atomic mass is 9.89. The highest BCUT2D eigenvalue weighted by atomic mass is 16.3. The molecule has 2 aromatic heterocycles. The first kappa shape index (κ1) is 37.4. The van der Waals surface area contributed by atoms with Crippen LogP contribution in [-0.2, 0) is 0 Å². The zero-order valence-electron chi connectivity index (χ0n) is 35.9. The molecule has 2 aliphatic rings. The SMILES string of the molecule is C1=C(C2=c3oc4ccccc4c3=CCC2)CCC(N(c2cccc(-c3cccc(-c4ccccc4-n4c5ccccc5c5ccccc54)c3)c2)c2ccc3ccc4ccccc4c3c2)=C1. The summed E-state index contributed by atoms with van der Waals surface area (Å²) in [5.74, 6) is 0. The van der Waals surface area contributed by atoms with Crippen LogP contribution in [0.2, 0.25) is 0 Å². The van der Waals surface area contributed by atoms with Gasteiger partial charge in [0, 0.05) is 44.0 Å². The van der Waals surface area contributed by atoms with Gasteiger partial charge in [0.1, 0.15) is 11.0 Å². The van der Waals surface area contributed by atoms with Crippen LogP contribution < -0.4 is 15.5 Å². The van der Waals surface area contributed by atoms with Crippen molar-refractivity contribution >= 4 is 77.3 Å². The van der Waals surface area contributed by atoms with Crippen LogP contribution in [0.1, 0.15) is 25.7 Å². The molecule has 9 aromatic carbocycles. The fourth-order valence-corrected chi connectivity index (χ4v) is 10.7. The third-order valence-electron chi connectivity index (χ3n) is 13.8. The number of furan rings is 1. The predicted octanol–water partition coefficient (Wildman–Crippen LogP) is 15.3. The maximum Gasteiger partial charge on any atom is 0.138 e. The molecule has 11 aromatic rings. The second-order valence-corrected chi connectivity index (χ2v) is 17.5. The van der Waals surface area contributed by atoms with Crippen LogP contribution in [-0.4, -0.2) is 4.57 Å². The standard InChI is InChI=1S/C62H44N2O/c1-2-19-50-41(14-1)30-31-43-34-37-49(40-57(43)50)63(47-35-32-42(33-36-47)52-24-13-25-56-55-23-6-10-29-61(55)65-62(52)56)48-18-12-16-45(39-48)44-15-11-17-46(38-44)51-20-3-7-26-58(51)64-59-27-8-4-21-53(59)54-22-5-9-28-60(54)64/h1-12,14-23,25-32,34-35,37-40H,13,24,33,36H2. The molecule has 0 spiro atoms. The van der Waals surface area contributed by atoms with Crippen LogP contribution in [0.3, 0.4) is 0 Å². The second kappa shape index (κ2) is 15.3. The molecule has 0 atom stereocenters. The van der Waals surface area contributed by atoms with E-state index in [1.165, 1.54) is 98.7 Å². The molecule has 65 heavy (non-hydrogen) atoms. The Balaban J connectivity index is 0.934. The van der Waals surface area contributed by atoms with Gasteiger partial charge >= 0.3 is 0 Å². The van der Waals surface area contributed by atoms with Gasteiger partial charge in [-0.1, -0.05) is 158 Å². The third-order valence-corrected chi connectivity index (χ3v) is 13.8. The fourth-order valence-electron chi connectivity index (χ4n) is 10.7. The number of para-hydroxylation sites is 4. The van der Waals surface area contributed by atoms with Crippen molar-refractivity contribution < 1.29 is 4.42 Å². The molecule has 0 saturated carbocycles. The Bertz CT molecular complexity index is 3860. The Morgan fingerprint density at radius 3 is 1.91 bits per heavy atom. The second-order valence-electron chi connectivity index (χ2n) is 17.5. The highest BCUT2D eigenvalue weighted by Gasteiger charge is 2.23. The minimum absolute atomic E-state index is 0.904. The summed E-state index contributed by atoms with van der Waals surface area (Å²) >= 11 is 0. The number of aromatic nitrogens is 1. The molecule has 0 N–H and O–H groups in total. The molecular weight excluding hydrogens is 789 g/mol. The molecule has 13 rings (SSSR count). The molecule has 0 radical (unpaired) electrons. The van der Waals surface area contributed by atoms with Crippen molar-refractivity contribution in [2.24, 2.45) is 0 Å². The summed E-state index contributed by atoms with van der Waals surface area (Å²) in [7, 11) is 0. The summed E-state index contributed by atoms with van der Waals surface area (Å²) in [6.45, 7) is 0. The molecule has 2 heterocycles. The number of hydrogen-bond acceptors (Lipinski definition) is 2. The van der Waals surface area contributed by atoms with E-state index in [-0.39, 0.29) is 0 Å². The van der Waals surface area contributed by atoms with Crippen LogP contribution in [0.25, 0.3) is 93.9 Å². The molecule has 308 valence electrons. The average Bonchev–Trinajstić information content (AvgIpc) is 3.93. The van der Waals surface area contributed by atoms with E-state index in [0.717, 1.165) is 48.1 Å². The van der Waals surface area contributed by atoms with E-state index in [1.807, 2.05) is 0 Å². The summed E-state index contributed by atoms with van der Waals surface area (Å²) in [4.78, 5) is 2.49. The van der Waals surface area contributed by atoms with Crippen LogP contribution in [0.4, 0.5) is 11.4 Å². The number of anilines is 2. The lowest BCUT2D eigenvalue weighted by molar-refractivity contribution is 0.567. The Hall–Kier alpha value is -8.14. The third kappa shape index (κ3) is 6.26. The van der Waals surface area contributed by atoms with Crippen molar-refractivity contribution in [2.45, 2.75) is 25.7 Å². The first-order valence-electron chi connectivity index (χ1n) is 22.8. The molecule has 0 unspecified atom stereocenters. The summed E-state index contributed by atoms with van der Waals surface area (Å²) in [5, 5.41) is 10.0. The number of nitrogens with zero attached hydrogens (tertiary/aromatic N) is 2. The summed E-state index contributed by atoms with van der Waals surface area (Å²) < 4.78 is 8.98. The van der Waals surface area contributed by atoms with Crippen molar-refractivity contribution in [1.29, 1.82) is 0 Å². The molecule has 0 bridgehead atoms. The maximum absolute atomic E-state index is 6.55. The molecule has 3 heteroatoms. The molecule has 0 fully saturated rings. The van der Waals surface area contributed by atoms with Crippen LogP contribution >= 0.6 is 0 Å². The van der Waals surface area contributed by atoms with E-state index in [0.29, 0.717) is 0 Å². The van der Waals surface area contributed by atoms with E-state index in [1.54, 1.807) is 0 Å². The minimum atomic E-state index is 0.904. The lowest BCUT2D eigenvalue weighted by Gasteiger charge is -2.31. The van der Waals surface area contributed by atoms with Gasteiger partial charge in [-0.05, 0) is 136 Å². The van der Waals surface area contributed by atoms with Crippen LogP contribution in [0.15, 0.2) is 228 Å². The van der Waals surface area contributed by atoms with E-state index in [4.69, 9.17) is 4.42 Å². The monoisotopic (exact) mass is 832 g/mol. The molecule has 0 saturated heterocycles. The van der Waals surface area contributed by atoms with Crippen LogP contribution in [0, 0.1) is 0 Å². The molecule has 0 amide bonds. The first-order valence-corrected chi connectivity index (χ1v) is 22.8. The molecule has 3 nitrogen and oxygen atoms in total. The Kier molecular flexibility index (Phi) is 8.80. The van der Waals surface area contributed by atoms with E-state index < -0.39 is 0 Å². The zero-order valence-corrected chi connectivity index (χ0v) is 35.9. The smallest absolute Gasteiger partial charge is 0.138 e. The number of rotatable bonds is 7. The Labute approximate surface area is 377 Å². The van der Waals surface area contributed by atoms with Gasteiger partial charge in [0.25, 0.3) is 0 Å². The van der Waals surface area contributed by atoms with Crippen molar-refractivity contribution in [3.05, 3.63) is 234 Å². The summed E-state index contributed by atoms with van der Waals surface area (Å²) in [6.07, 6.45) is 10.9. The molecular formula is C62H44N2O. The fraction of sp³-hybridized carbons (Fsp3) is 0.0645. The van der Waals surface area contributed by atoms with Crippen molar-refractivity contribution in [3.8, 4) is 27.9 Å². The van der Waals surface area contributed by atoms with Crippen molar-refractivity contribution in [1.82, 2.24) is 4.57 Å². The number of fused-ring (bicyclic) bond motifs is 9. The van der Waals surface area contributed by atoms with E-state index in [9.17, 15) is 0 Å². The van der Waals surface area contributed by atoms with Gasteiger partial charge in [0.2, 0.25) is 0 Å². The minimum Gasteiger partial charge on any atom is -0.456 e. The van der Waals surface area contributed by atoms with Gasteiger partial charge in [-0.25, -0.2) is 0 Å². The average molecular weight is 833 g/mol. The zero-order chi connectivity index (χ0) is 42.8. The van der Waals surface area contributed by atoms with E-state index in [2.05, 4.69) is 228 Å². The topological polar surface area (TPSA) is 21.3 Å². The van der Waals surface area contributed by atoms with Gasteiger partial charge in [0.05, 0.1) is 16.7 Å². The molecule has 0 aliphatic heterocycles. The first-order chi connectivity index (χ1) is 32.2. The van der Waals surface area contributed by atoms with Crippen molar-refractivity contribution in [3.63, 3.8) is 0 Å². The lowest BCUT2D eigenvalue weighted by Crippen LogP contribution is -2.27. The highest BCUT2D eigenvalue weighted by molar-refractivity contribution is 6.10. The number of hydrogen-bond donors (Lipinski definition) is 0. The van der Waals surface area contributed by atoms with Gasteiger partial charge in [-0.15, -0.1) is 0 Å². The van der Waals surface area contributed by atoms with Gasteiger partial charge in [0.15, 0.2) is 0 Å². The number of benzene rings is 9. The number of allylic oxidation sites excluding steroid dienone is 4. The normalized spacial score (nSPS) is 13.9. The molecule has 2 aliphatic carbocycles. The predicted molar refractivity (Wildman–Crippen MR) is 273 cm³/mol. The highest BCUT2D eigenvalue weighted by Crippen LogP contribution is 2.41. The quantitative estimate of drug-likeness (QED) is 0.149. The summed E-state index contributed by atoms with van der Waals surface area (Å²) in [6, 6.07) is 73.1. The van der Waals surface area contributed by atoms with Gasteiger partial charge in [-0.3, -0.25) is 0 Å². The maximum atomic E-state index is 6.55. The Morgan fingerprint density at radius 1 is 0.446 bits per heavy atom. The van der Waals surface area contributed by atoms with Crippen LogP contribution in [0.5, 0.6) is 0 Å². The van der Waals surface area contributed by atoms with Gasteiger partial charge in [-0.2, -0.15) is 0 Å². The largest absolute Gasteiger partial charge is 0.456 e. The summed E-state index contributed by atoms with van der Waals surface area (Å²) in [5.41, 5.74) is 16.6. The van der Waals surface area contributed by atoms with E-state index >= 15 is 0 Å². The van der Waals surface area contributed by atoms with Crippen molar-refractivity contribution in [2.75, 3.05) is 4.90 Å².